The Kier molecular flexibility index (Phi) is 4.09. The molecule has 0 amide bonds. The summed E-state index contributed by atoms with van der Waals surface area (Å²) in [6, 6.07) is 0.0537. The SMILES string of the molecule is [C-]#[N+][C@H](C)CC1CC[C@@H]2O[C@@H](C=C)C[C@]2(CC)O1. The van der Waals surface area contributed by atoms with Crippen LogP contribution in [0.2, 0.25) is 0 Å². The molecule has 3 heteroatoms. The Labute approximate surface area is 110 Å². The molecule has 0 N–H and O–H groups in total. The average Bonchev–Trinajstić information content (AvgIpc) is 2.77. The number of rotatable bonds is 4. The third kappa shape index (κ3) is 2.46. The van der Waals surface area contributed by atoms with Crippen molar-refractivity contribution in [3.63, 3.8) is 0 Å². The van der Waals surface area contributed by atoms with Crippen LogP contribution in [-0.4, -0.2) is 30.0 Å². The van der Waals surface area contributed by atoms with Gasteiger partial charge < -0.3 is 14.3 Å². The zero-order chi connectivity index (χ0) is 13.2. The molecule has 2 aliphatic heterocycles. The van der Waals surface area contributed by atoms with Crippen LogP contribution in [0, 0.1) is 6.57 Å². The second-order valence-corrected chi connectivity index (χ2v) is 5.55. The minimum absolute atomic E-state index is 0.0537. The molecular formula is C15H23NO2. The highest BCUT2D eigenvalue weighted by Crippen LogP contribution is 2.44. The predicted octanol–water partition coefficient (Wildman–Crippen LogP) is 3.36. The molecule has 2 heterocycles. The number of fused-ring (bicyclic) bond motifs is 1. The number of hydrogen-bond acceptors (Lipinski definition) is 2. The van der Waals surface area contributed by atoms with Gasteiger partial charge in [0.2, 0.25) is 6.04 Å². The van der Waals surface area contributed by atoms with Gasteiger partial charge in [-0.15, -0.1) is 6.58 Å². The van der Waals surface area contributed by atoms with E-state index < -0.39 is 0 Å². The van der Waals surface area contributed by atoms with Gasteiger partial charge in [-0.1, -0.05) is 13.0 Å². The third-order valence-corrected chi connectivity index (χ3v) is 4.31. The molecule has 2 rings (SSSR count). The van der Waals surface area contributed by atoms with Gasteiger partial charge in [-0.05, 0) is 19.3 Å². The van der Waals surface area contributed by atoms with Crippen LogP contribution in [0.1, 0.15) is 46.0 Å². The van der Waals surface area contributed by atoms with Crippen LogP contribution in [0.5, 0.6) is 0 Å². The molecule has 2 fully saturated rings. The van der Waals surface area contributed by atoms with E-state index in [1.165, 1.54) is 0 Å². The third-order valence-electron chi connectivity index (χ3n) is 4.31. The van der Waals surface area contributed by atoms with Crippen molar-refractivity contribution in [3.8, 4) is 0 Å². The maximum atomic E-state index is 7.06. The standard InChI is InChI=1S/C15H23NO2/c1-5-12-10-15(6-2)14(17-12)8-7-13(18-15)9-11(3)16-4/h5,11-14H,1,6-10H2,2-3H3/t11-,12+,13?,14+,15+/m1/s1. The molecule has 0 aromatic carbocycles. The van der Waals surface area contributed by atoms with Crippen molar-refractivity contribution in [3.05, 3.63) is 24.1 Å². The van der Waals surface area contributed by atoms with Gasteiger partial charge in [0.1, 0.15) is 0 Å². The van der Waals surface area contributed by atoms with Crippen LogP contribution < -0.4 is 0 Å². The molecule has 5 atom stereocenters. The van der Waals surface area contributed by atoms with Crippen LogP contribution in [0.4, 0.5) is 0 Å². The van der Waals surface area contributed by atoms with E-state index in [9.17, 15) is 0 Å². The summed E-state index contributed by atoms with van der Waals surface area (Å²) in [6.45, 7) is 15.0. The molecule has 0 aromatic rings. The Bertz CT molecular complexity index is 349. The van der Waals surface area contributed by atoms with Crippen LogP contribution in [0.15, 0.2) is 12.7 Å². The maximum absolute atomic E-state index is 7.06. The summed E-state index contributed by atoms with van der Waals surface area (Å²) in [4.78, 5) is 3.57. The van der Waals surface area contributed by atoms with Crippen LogP contribution >= 0.6 is 0 Å². The van der Waals surface area contributed by atoms with Crippen molar-refractivity contribution in [1.82, 2.24) is 0 Å². The second kappa shape index (κ2) is 5.42. The van der Waals surface area contributed by atoms with Gasteiger partial charge in [0.15, 0.2) is 0 Å². The van der Waals surface area contributed by atoms with Gasteiger partial charge in [0.25, 0.3) is 0 Å². The zero-order valence-corrected chi connectivity index (χ0v) is 11.4. The second-order valence-electron chi connectivity index (χ2n) is 5.55. The Morgan fingerprint density at radius 3 is 2.94 bits per heavy atom. The molecular weight excluding hydrogens is 226 g/mol. The molecule has 18 heavy (non-hydrogen) atoms. The van der Waals surface area contributed by atoms with Gasteiger partial charge in [-0.25, -0.2) is 6.57 Å². The van der Waals surface area contributed by atoms with Gasteiger partial charge in [0, 0.05) is 19.8 Å². The molecule has 0 saturated carbocycles. The summed E-state index contributed by atoms with van der Waals surface area (Å²) in [6.07, 6.45) is 7.25. The lowest BCUT2D eigenvalue weighted by Gasteiger charge is -2.41. The first-order chi connectivity index (χ1) is 8.63. The largest absolute Gasteiger partial charge is 0.369 e. The Hall–Kier alpha value is -0.850. The fourth-order valence-corrected chi connectivity index (χ4v) is 3.23. The predicted molar refractivity (Wildman–Crippen MR) is 71.3 cm³/mol. The molecule has 3 nitrogen and oxygen atoms in total. The van der Waals surface area contributed by atoms with Gasteiger partial charge in [-0.2, -0.15) is 0 Å². The van der Waals surface area contributed by atoms with Crippen molar-refractivity contribution in [2.75, 3.05) is 0 Å². The summed E-state index contributed by atoms with van der Waals surface area (Å²) >= 11 is 0. The first kappa shape index (κ1) is 13.6. The monoisotopic (exact) mass is 249 g/mol. The highest BCUT2D eigenvalue weighted by atomic mass is 16.6. The van der Waals surface area contributed by atoms with Gasteiger partial charge >= 0.3 is 0 Å². The van der Waals surface area contributed by atoms with Gasteiger partial charge in [-0.3, -0.25) is 0 Å². The van der Waals surface area contributed by atoms with Crippen molar-refractivity contribution in [2.24, 2.45) is 0 Å². The van der Waals surface area contributed by atoms with E-state index in [1.54, 1.807) is 0 Å². The van der Waals surface area contributed by atoms with Crippen molar-refractivity contribution in [2.45, 2.75) is 75.9 Å². The van der Waals surface area contributed by atoms with Crippen molar-refractivity contribution in [1.29, 1.82) is 0 Å². The number of ether oxygens (including phenoxy) is 2. The summed E-state index contributed by atoms with van der Waals surface area (Å²) in [5, 5.41) is 0. The molecule has 0 aromatic heterocycles. The Morgan fingerprint density at radius 1 is 1.56 bits per heavy atom. The van der Waals surface area contributed by atoms with E-state index in [1.807, 2.05) is 13.0 Å². The van der Waals surface area contributed by atoms with E-state index in [2.05, 4.69) is 18.3 Å². The number of hydrogen-bond donors (Lipinski definition) is 0. The highest BCUT2D eigenvalue weighted by Gasteiger charge is 2.51. The fraction of sp³-hybridized carbons (Fsp3) is 0.800. The minimum Gasteiger partial charge on any atom is -0.369 e. The maximum Gasteiger partial charge on any atom is 0.223 e. The van der Waals surface area contributed by atoms with E-state index in [0.29, 0.717) is 0 Å². The molecule has 1 unspecified atom stereocenters. The summed E-state index contributed by atoms with van der Waals surface area (Å²) in [5.41, 5.74) is -0.135. The summed E-state index contributed by atoms with van der Waals surface area (Å²) < 4.78 is 12.3. The first-order valence-corrected chi connectivity index (χ1v) is 6.96. The van der Waals surface area contributed by atoms with Crippen molar-refractivity contribution < 1.29 is 9.47 Å². The smallest absolute Gasteiger partial charge is 0.223 e. The highest BCUT2D eigenvalue weighted by molar-refractivity contribution is 5.04. The molecule has 2 saturated heterocycles. The molecule has 2 aliphatic rings. The topological polar surface area (TPSA) is 22.8 Å². The number of nitrogens with zero attached hydrogens (tertiary/aromatic N) is 1. The van der Waals surface area contributed by atoms with E-state index >= 15 is 0 Å². The van der Waals surface area contributed by atoms with Crippen LogP contribution in [0.25, 0.3) is 4.85 Å². The summed E-state index contributed by atoms with van der Waals surface area (Å²) in [5.74, 6) is 0. The molecule has 0 bridgehead atoms. The Morgan fingerprint density at radius 2 is 2.33 bits per heavy atom. The lowest BCUT2D eigenvalue weighted by atomic mass is 9.83. The normalized spacial score (nSPS) is 40.8. The quantitative estimate of drug-likeness (QED) is 0.563. The average molecular weight is 249 g/mol. The van der Waals surface area contributed by atoms with E-state index in [0.717, 1.165) is 32.1 Å². The van der Waals surface area contributed by atoms with Gasteiger partial charge in [0.05, 0.1) is 23.9 Å². The van der Waals surface area contributed by atoms with Crippen molar-refractivity contribution >= 4 is 0 Å². The minimum atomic E-state index is -0.135. The first-order valence-electron chi connectivity index (χ1n) is 6.96. The lowest BCUT2D eigenvalue weighted by molar-refractivity contribution is -0.167. The zero-order valence-electron chi connectivity index (χ0n) is 11.4. The van der Waals surface area contributed by atoms with E-state index in [-0.39, 0.29) is 30.0 Å². The molecule has 0 radical (unpaired) electrons. The van der Waals surface area contributed by atoms with Crippen LogP contribution in [0.3, 0.4) is 0 Å². The molecule has 100 valence electrons. The van der Waals surface area contributed by atoms with Crippen LogP contribution in [-0.2, 0) is 9.47 Å². The van der Waals surface area contributed by atoms with E-state index in [4.69, 9.17) is 16.0 Å². The Balaban J connectivity index is 2.04. The molecule has 0 spiro atoms. The lowest BCUT2D eigenvalue weighted by Crippen LogP contribution is -2.48. The summed E-state index contributed by atoms with van der Waals surface area (Å²) in [7, 11) is 0. The fourth-order valence-electron chi connectivity index (χ4n) is 3.23. The molecule has 0 aliphatic carbocycles.